The number of ether oxygens (including phenoxy) is 3. The van der Waals surface area contributed by atoms with Gasteiger partial charge in [-0.05, 0) is 48.0 Å². The van der Waals surface area contributed by atoms with Gasteiger partial charge in [0.2, 0.25) is 6.79 Å². The van der Waals surface area contributed by atoms with Crippen LogP contribution in [0.25, 0.3) is 0 Å². The summed E-state index contributed by atoms with van der Waals surface area (Å²) in [6.45, 7) is 0.609. The molecule has 3 aromatic carbocycles. The monoisotopic (exact) mass is 390 g/mol. The molecule has 1 aliphatic heterocycles. The number of anilines is 2. The molecule has 1 N–H and O–H groups in total. The van der Waals surface area contributed by atoms with Crippen LogP contribution in [0.2, 0.25) is 0 Å². The van der Waals surface area contributed by atoms with Crippen LogP contribution in [-0.4, -0.2) is 26.8 Å². The van der Waals surface area contributed by atoms with Crippen molar-refractivity contribution >= 4 is 17.3 Å². The Bertz CT molecular complexity index is 1030. The molecule has 148 valence electrons. The maximum Gasteiger partial charge on any atom is 0.255 e. The molecule has 0 fully saturated rings. The van der Waals surface area contributed by atoms with Crippen LogP contribution in [0.5, 0.6) is 17.2 Å². The maximum atomic E-state index is 12.6. The quantitative estimate of drug-likeness (QED) is 0.680. The van der Waals surface area contributed by atoms with Gasteiger partial charge in [0.05, 0.1) is 0 Å². The highest BCUT2D eigenvalue weighted by Crippen LogP contribution is 2.35. The smallest absolute Gasteiger partial charge is 0.255 e. The van der Waals surface area contributed by atoms with E-state index in [9.17, 15) is 4.79 Å². The van der Waals surface area contributed by atoms with E-state index in [2.05, 4.69) is 5.32 Å². The molecule has 1 amide bonds. The molecule has 0 bridgehead atoms. The van der Waals surface area contributed by atoms with Gasteiger partial charge in [-0.1, -0.05) is 18.2 Å². The van der Waals surface area contributed by atoms with Crippen molar-refractivity contribution < 1.29 is 19.0 Å². The van der Waals surface area contributed by atoms with E-state index in [1.54, 1.807) is 6.07 Å². The number of amides is 1. The summed E-state index contributed by atoms with van der Waals surface area (Å²) >= 11 is 0. The standard InChI is InChI=1S/C23H22N2O4/c1-25(2)19-8-4-6-17(12-19)23(26)24-18-7-3-5-16(11-18)14-27-20-9-10-21-22(13-20)29-15-28-21/h3-13H,14-15H2,1-2H3,(H,24,26). The molecule has 6 heteroatoms. The van der Waals surface area contributed by atoms with Crippen LogP contribution in [0.4, 0.5) is 11.4 Å². The lowest BCUT2D eigenvalue weighted by atomic mass is 10.1. The molecule has 0 radical (unpaired) electrons. The van der Waals surface area contributed by atoms with Crippen molar-refractivity contribution in [3.63, 3.8) is 0 Å². The first kappa shape index (κ1) is 18.7. The van der Waals surface area contributed by atoms with Crippen LogP contribution in [0.3, 0.4) is 0 Å². The van der Waals surface area contributed by atoms with Gasteiger partial charge >= 0.3 is 0 Å². The lowest BCUT2D eigenvalue weighted by Gasteiger charge is -2.14. The normalized spacial score (nSPS) is 11.8. The van der Waals surface area contributed by atoms with Crippen molar-refractivity contribution in [2.24, 2.45) is 0 Å². The summed E-state index contributed by atoms with van der Waals surface area (Å²) in [5.74, 6) is 1.95. The average molecular weight is 390 g/mol. The molecule has 1 aliphatic rings. The minimum absolute atomic E-state index is 0.150. The molecular formula is C23H22N2O4. The molecule has 6 nitrogen and oxygen atoms in total. The van der Waals surface area contributed by atoms with Crippen LogP contribution in [0, 0.1) is 0 Å². The van der Waals surface area contributed by atoms with Gasteiger partial charge in [-0.2, -0.15) is 0 Å². The van der Waals surface area contributed by atoms with E-state index in [1.165, 1.54) is 0 Å². The number of rotatable bonds is 6. The Morgan fingerprint density at radius 2 is 1.83 bits per heavy atom. The van der Waals surface area contributed by atoms with Gasteiger partial charge in [0.15, 0.2) is 11.5 Å². The van der Waals surface area contributed by atoms with Crippen LogP contribution in [-0.2, 0) is 6.61 Å². The van der Waals surface area contributed by atoms with E-state index in [1.807, 2.05) is 79.7 Å². The summed E-state index contributed by atoms with van der Waals surface area (Å²) in [5, 5.41) is 2.95. The minimum Gasteiger partial charge on any atom is -0.489 e. The van der Waals surface area contributed by atoms with Gasteiger partial charge in [0.25, 0.3) is 5.91 Å². The second-order valence-electron chi connectivity index (χ2n) is 6.90. The van der Waals surface area contributed by atoms with Crippen molar-refractivity contribution in [1.29, 1.82) is 0 Å². The van der Waals surface area contributed by atoms with Crippen LogP contribution in [0.1, 0.15) is 15.9 Å². The van der Waals surface area contributed by atoms with Crippen molar-refractivity contribution in [2.45, 2.75) is 6.61 Å². The third kappa shape index (κ3) is 4.43. The van der Waals surface area contributed by atoms with Gasteiger partial charge in [-0.15, -0.1) is 0 Å². The Balaban J connectivity index is 1.41. The number of hydrogen-bond donors (Lipinski definition) is 1. The summed E-state index contributed by atoms with van der Waals surface area (Å²) in [6, 6.07) is 20.6. The molecule has 1 heterocycles. The van der Waals surface area contributed by atoms with E-state index >= 15 is 0 Å². The molecule has 0 saturated heterocycles. The van der Waals surface area contributed by atoms with Crippen LogP contribution < -0.4 is 24.4 Å². The third-order valence-electron chi connectivity index (χ3n) is 4.56. The van der Waals surface area contributed by atoms with Gasteiger partial charge < -0.3 is 24.4 Å². The molecule has 29 heavy (non-hydrogen) atoms. The van der Waals surface area contributed by atoms with E-state index in [-0.39, 0.29) is 12.7 Å². The minimum atomic E-state index is -0.150. The van der Waals surface area contributed by atoms with E-state index in [0.29, 0.717) is 23.7 Å². The molecule has 0 spiro atoms. The topological polar surface area (TPSA) is 60.0 Å². The van der Waals surface area contributed by atoms with Crippen molar-refractivity contribution in [3.05, 3.63) is 77.9 Å². The molecule has 0 aromatic heterocycles. The molecule has 0 atom stereocenters. The van der Waals surface area contributed by atoms with Crippen molar-refractivity contribution in [1.82, 2.24) is 0 Å². The number of benzene rings is 3. The zero-order valence-corrected chi connectivity index (χ0v) is 16.3. The Morgan fingerprint density at radius 3 is 2.69 bits per heavy atom. The Kier molecular flexibility index (Phi) is 5.24. The number of fused-ring (bicyclic) bond motifs is 1. The second kappa shape index (κ2) is 8.14. The fraction of sp³-hybridized carbons (Fsp3) is 0.174. The maximum absolute atomic E-state index is 12.6. The van der Waals surface area contributed by atoms with E-state index in [0.717, 1.165) is 22.7 Å². The van der Waals surface area contributed by atoms with Crippen LogP contribution in [0.15, 0.2) is 66.7 Å². The van der Waals surface area contributed by atoms with E-state index < -0.39 is 0 Å². The van der Waals surface area contributed by atoms with Gasteiger partial charge in [0, 0.05) is 37.1 Å². The number of hydrogen-bond acceptors (Lipinski definition) is 5. The van der Waals surface area contributed by atoms with Gasteiger partial charge in [-0.25, -0.2) is 0 Å². The highest BCUT2D eigenvalue weighted by molar-refractivity contribution is 6.04. The van der Waals surface area contributed by atoms with Gasteiger partial charge in [0.1, 0.15) is 12.4 Å². The summed E-state index contributed by atoms with van der Waals surface area (Å²) in [7, 11) is 3.89. The molecule has 3 aromatic rings. The zero-order valence-electron chi connectivity index (χ0n) is 16.3. The van der Waals surface area contributed by atoms with E-state index in [4.69, 9.17) is 14.2 Å². The first-order valence-corrected chi connectivity index (χ1v) is 9.28. The first-order valence-electron chi connectivity index (χ1n) is 9.28. The van der Waals surface area contributed by atoms with Crippen molar-refractivity contribution in [3.8, 4) is 17.2 Å². The Labute approximate surface area is 169 Å². The SMILES string of the molecule is CN(C)c1cccc(C(=O)Nc2cccc(COc3ccc4c(c3)OCO4)c2)c1. The summed E-state index contributed by atoms with van der Waals surface area (Å²) in [4.78, 5) is 14.6. The molecule has 0 aliphatic carbocycles. The third-order valence-corrected chi connectivity index (χ3v) is 4.56. The highest BCUT2D eigenvalue weighted by Gasteiger charge is 2.14. The van der Waals surface area contributed by atoms with Crippen LogP contribution >= 0.6 is 0 Å². The molecule has 0 unspecified atom stereocenters. The Hall–Kier alpha value is -3.67. The molecule has 0 saturated carbocycles. The Morgan fingerprint density at radius 1 is 1.00 bits per heavy atom. The summed E-state index contributed by atoms with van der Waals surface area (Å²) in [6.07, 6.45) is 0. The highest BCUT2D eigenvalue weighted by atomic mass is 16.7. The summed E-state index contributed by atoms with van der Waals surface area (Å²) in [5.41, 5.74) is 3.25. The number of nitrogens with one attached hydrogen (secondary N) is 1. The number of carbonyl (C=O) groups excluding carboxylic acids is 1. The van der Waals surface area contributed by atoms with Crippen molar-refractivity contribution in [2.75, 3.05) is 31.1 Å². The fourth-order valence-electron chi connectivity index (χ4n) is 3.00. The molecular weight excluding hydrogens is 368 g/mol. The van der Waals surface area contributed by atoms with Gasteiger partial charge in [-0.3, -0.25) is 4.79 Å². The largest absolute Gasteiger partial charge is 0.489 e. The lowest BCUT2D eigenvalue weighted by molar-refractivity contribution is 0.102. The summed E-state index contributed by atoms with van der Waals surface area (Å²) < 4.78 is 16.5. The number of nitrogens with zero attached hydrogens (tertiary/aromatic N) is 1. The predicted octanol–water partition coefficient (Wildman–Crippen LogP) is 4.31. The fourth-order valence-corrected chi connectivity index (χ4v) is 3.00. The molecule has 4 rings (SSSR count). The average Bonchev–Trinajstić information content (AvgIpc) is 3.20. The second-order valence-corrected chi connectivity index (χ2v) is 6.90. The number of carbonyl (C=O) groups is 1. The first-order chi connectivity index (χ1) is 14.1. The predicted molar refractivity (Wildman–Crippen MR) is 112 cm³/mol. The zero-order chi connectivity index (χ0) is 20.2. The lowest BCUT2D eigenvalue weighted by Crippen LogP contribution is -2.14.